The van der Waals surface area contributed by atoms with Crippen molar-refractivity contribution in [3.05, 3.63) is 48.6 Å². The summed E-state index contributed by atoms with van der Waals surface area (Å²) in [7, 11) is 0. The molecule has 2 rings (SSSR count). The van der Waals surface area contributed by atoms with Crippen molar-refractivity contribution in [3.8, 4) is 0 Å². The highest BCUT2D eigenvalue weighted by atomic mass is 16.5. The van der Waals surface area contributed by atoms with Gasteiger partial charge < -0.3 is 20.5 Å². The summed E-state index contributed by atoms with van der Waals surface area (Å²) in [5.74, 6) is 0.372. The van der Waals surface area contributed by atoms with Crippen molar-refractivity contribution in [3.63, 3.8) is 0 Å². The predicted molar refractivity (Wildman–Crippen MR) is 95.3 cm³/mol. The van der Waals surface area contributed by atoms with E-state index in [-0.39, 0.29) is 12.6 Å². The number of alkyl carbamates (subject to hydrolysis) is 1. The standard InChI is InChI=1S/C19H26N2O4/c1-3-9-19(2,12-15-10-16(11-15)20-17(22)23)21-18(24)25-13-14-7-5-4-6-8-14/h3-8,15-16,20H,1,9-13H2,2H3,(H,21,24)(H,22,23). The molecule has 1 saturated carbocycles. The highest BCUT2D eigenvalue weighted by Gasteiger charge is 2.37. The molecule has 6 nitrogen and oxygen atoms in total. The van der Waals surface area contributed by atoms with E-state index in [1.165, 1.54) is 0 Å². The molecular weight excluding hydrogens is 320 g/mol. The van der Waals surface area contributed by atoms with Crippen molar-refractivity contribution in [2.45, 2.75) is 50.8 Å². The third kappa shape index (κ3) is 6.14. The summed E-state index contributed by atoms with van der Waals surface area (Å²) < 4.78 is 5.30. The average Bonchev–Trinajstić information content (AvgIpc) is 2.51. The van der Waals surface area contributed by atoms with Crippen molar-refractivity contribution in [2.75, 3.05) is 0 Å². The molecule has 3 N–H and O–H groups in total. The first-order valence-electron chi connectivity index (χ1n) is 8.49. The molecule has 0 saturated heterocycles. The van der Waals surface area contributed by atoms with E-state index in [9.17, 15) is 9.59 Å². The zero-order valence-electron chi connectivity index (χ0n) is 14.5. The van der Waals surface area contributed by atoms with Gasteiger partial charge in [-0.05, 0) is 44.1 Å². The molecule has 0 radical (unpaired) electrons. The Hall–Kier alpha value is -2.50. The topological polar surface area (TPSA) is 87.7 Å². The minimum atomic E-state index is -0.986. The summed E-state index contributed by atoms with van der Waals surface area (Å²) in [5, 5.41) is 14.2. The maximum absolute atomic E-state index is 12.1. The average molecular weight is 346 g/mol. The molecule has 1 unspecified atom stereocenters. The van der Waals surface area contributed by atoms with Crippen LogP contribution in [0, 0.1) is 5.92 Å². The summed E-state index contributed by atoms with van der Waals surface area (Å²) in [6, 6.07) is 9.53. The molecule has 0 bridgehead atoms. The minimum absolute atomic E-state index is 0.0144. The normalized spacial score (nSPS) is 21.3. The molecule has 1 aliphatic rings. The zero-order chi connectivity index (χ0) is 18.3. The Morgan fingerprint density at radius 3 is 2.64 bits per heavy atom. The fraction of sp³-hybridized carbons (Fsp3) is 0.474. The molecule has 1 aromatic rings. The van der Waals surface area contributed by atoms with Gasteiger partial charge in [-0.3, -0.25) is 0 Å². The Bertz CT molecular complexity index is 599. The van der Waals surface area contributed by atoms with Crippen molar-refractivity contribution >= 4 is 12.2 Å². The fourth-order valence-electron chi connectivity index (χ4n) is 3.34. The number of benzene rings is 1. The lowest BCUT2D eigenvalue weighted by atomic mass is 9.72. The number of nitrogens with one attached hydrogen (secondary N) is 2. The first-order chi connectivity index (χ1) is 11.9. The number of hydrogen-bond donors (Lipinski definition) is 3. The molecule has 1 atom stereocenters. The molecule has 25 heavy (non-hydrogen) atoms. The van der Waals surface area contributed by atoms with E-state index in [1.807, 2.05) is 37.3 Å². The minimum Gasteiger partial charge on any atom is -0.465 e. The molecular formula is C19H26N2O4. The van der Waals surface area contributed by atoms with Crippen LogP contribution in [0.5, 0.6) is 0 Å². The SMILES string of the molecule is C=CCC(C)(CC1CC(NC(=O)O)C1)NC(=O)OCc1ccccc1. The van der Waals surface area contributed by atoms with Gasteiger partial charge in [0, 0.05) is 11.6 Å². The van der Waals surface area contributed by atoms with Crippen LogP contribution in [0.3, 0.4) is 0 Å². The molecule has 1 aliphatic carbocycles. The van der Waals surface area contributed by atoms with Crippen LogP contribution in [-0.4, -0.2) is 28.9 Å². The number of ether oxygens (including phenoxy) is 1. The highest BCUT2D eigenvalue weighted by molar-refractivity contribution is 5.68. The Morgan fingerprint density at radius 1 is 1.36 bits per heavy atom. The van der Waals surface area contributed by atoms with E-state index < -0.39 is 17.7 Å². The smallest absolute Gasteiger partial charge is 0.407 e. The third-order valence-corrected chi connectivity index (χ3v) is 4.51. The van der Waals surface area contributed by atoms with E-state index in [0.29, 0.717) is 12.3 Å². The van der Waals surface area contributed by atoms with Gasteiger partial charge in [0.2, 0.25) is 0 Å². The second-order valence-electron chi connectivity index (χ2n) is 6.93. The van der Waals surface area contributed by atoms with Crippen LogP contribution < -0.4 is 10.6 Å². The van der Waals surface area contributed by atoms with E-state index >= 15 is 0 Å². The van der Waals surface area contributed by atoms with Crippen LogP contribution >= 0.6 is 0 Å². The molecule has 136 valence electrons. The second kappa shape index (κ2) is 8.55. The summed E-state index contributed by atoms with van der Waals surface area (Å²) in [5.41, 5.74) is 0.485. The van der Waals surface area contributed by atoms with Crippen LogP contribution in [-0.2, 0) is 11.3 Å². The Morgan fingerprint density at radius 2 is 2.04 bits per heavy atom. The maximum Gasteiger partial charge on any atom is 0.407 e. The van der Waals surface area contributed by atoms with Crippen molar-refractivity contribution in [2.24, 2.45) is 5.92 Å². The van der Waals surface area contributed by atoms with Gasteiger partial charge in [0.05, 0.1) is 0 Å². The molecule has 0 aromatic heterocycles. The number of carboxylic acid groups (broad SMARTS) is 1. The molecule has 6 heteroatoms. The van der Waals surface area contributed by atoms with E-state index in [1.54, 1.807) is 6.08 Å². The first kappa shape index (κ1) is 18.8. The molecule has 0 spiro atoms. The van der Waals surface area contributed by atoms with Gasteiger partial charge >= 0.3 is 12.2 Å². The summed E-state index contributed by atoms with van der Waals surface area (Å²) in [6.45, 7) is 5.97. The lowest BCUT2D eigenvalue weighted by molar-refractivity contribution is 0.112. The summed E-state index contributed by atoms with van der Waals surface area (Å²) in [4.78, 5) is 22.8. The van der Waals surface area contributed by atoms with Gasteiger partial charge in [0.15, 0.2) is 0 Å². The molecule has 0 aliphatic heterocycles. The summed E-state index contributed by atoms with van der Waals surface area (Å²) >= 11 is 0. The Kier molecular flexibility index (Phi) is 6.44. The second-order valence-corrected chi connectivity index (χ2v) is 6.93. The Balaban J connectivity index is 1.81. The van der Waals surface area contributed by atoms with Gasteiger partial charge in [-0.15, -0.1) is 6.58 Å². The van der Waals surface area contributed by atoms with E-state index in [2.05, 4.69) is 17.2 Å². The molecule has 0 heterocycles. The van der Waals surface area contributed by atoms with Crippen molar-refractivity contribution in [1.29, 1.82) is 0 Å². The largest absolute Gasteiger partial charge is 0.465 e. The van der Waals surface area contributed by atoms with E-state index in [4.69, 9.17) is 9.84 Å². The Labute approximate surface area is 148 Å². The lowest BCUT2D eigenvalue weighted by Gasteiger charge is -2.41. The first-order valence-corrected chi connectivity index (χ1v) is 8.49. The van der Waals surface area contributed by atoms with Crippen LogP contribution in [0.15, 0.2) is 43.0 Å². The quantitative estimate of drug-likeness (QED) is 0.627. The zero-order valence-corrected chi connectivity index (χ0v) is 14.5. The number of amides is 2. The number of rotatable bonds is 8. The van der Waals surface area contributed by atoms with Gasteiger partial charge in [-0.25, -0.2) is 9.59 Å². The van der Waals surface area contributed by atoms with Crippen LogP contribution in [0.25, 0.3) is 0 Å². The number of carbonyl (C=O) groups is 2. The third-order valence-electron chi connectivity index (χ3n) is 4.51. The fourth-order valence-corrected chi connectivity index (χ4v) is 3.34. The molecule has 1 fully saturated rings. The van der Waals surface area contributed by atoms with Gasteiger partial charge in [-0.1, -0.05) is 36.4 Å². The van der Waals surface area contributed by atoms with Gasteiger partial charge in [0.1, 0.15) is 6.61 Å². The van der Waals surface area contributed by atoms with Crippen LogP contribution in [0.1, 0.15) is 38.2 Å². The lowest BCUT2D eigenvalue weighted by Crippen LogP contribution is -2.51. The monoisotopic (exact) mass is 346 g/mol. The van der Waals surface area contributed by atoms with Crippen molar-refractivity contribution < 1.29 is 19.4 Å². The number of carbonyl (C=O) groups excluding carboxylic acids is 1. The maximum atomic E-state index is 12.1. The van der Waals surface area contributed by atoms with Gasteiger partial charge in [-0.2, -0.15) is 0 Å². The number of hydrogen-bond acceptors (Lipinski definition) is 3. The predicted octanol–water partition coefficient (Wildman–Crippen LogP) is 3.68. The van der Waals surface area contributed by atoms with E-state index in [0.717, 1.165) is 24.8 Å². The van der Waals surface area contributed by atoms with Crippen molar-refractivity contribution in [1.82, 2.24) is 10.6 Å². The van der Waals surface area contributed by atoms with Gasteiger partial charge in [0.25, 0.3) is 0 Å². The van der Waals surface area contributed by atoms with Crippen LogP contribution in [0.2, 0.25) is 0 Å². The molecule has 1 aromatic carbocycles. The summed E-state index contributed by atoms with van der Waals surface area (Å²) in [6.07, 6.45) is 3.31. The van der Waals surface area contributed by atoms with Crippen LogP contribution in [0.4, 0.5) is 9.59 Å². The molecule has 2 amide bonds. The highest BCUT2D eigenvalue weighted by Crippen LogP contribution is 2.35.